The van der Waals surface area contributed by atoms with Crippen molar-refractivity contribution in [1.82, 2.24) is 77.5 Å². The summed E-state index contributed by atoms with van der Waals surface area (Å²) >= 11 is 1.45. The van der Waals surface area contributed by atoms with Crippen molar-refractivity contribution in [2.75, 3.05) is 69.7 Å². The molecule has 2 aromatic carbocycles. The van der Waals surface area contributed by atoms with Gasteiger partial charge in [-0.2, -0.15) is 11.8 Å². The van der Waals surface area contributed by atoms with Crippen LogP contribution in [0.1, 0.15) is 120 Å². The molecule has 4 aromatic rings. The van der Waals surface area contributed by atoms with E-state index in [1.165, 1.54) is 55.5 Å². The van der Waals surface area contributed by atoms with E-state index in [0.717, 1.165) is 4.90 Å². The van der Waals surface area contributed by atoms with Gasteiger partial charge in [0.15, 0.2) is 0 Å². The van der Waals surface area contributed by atoms with Gasteiger partial charge in [0.25, 0.3) is 5.91 Å². The molecule has 3 heterocycles. The topological polar surface area (TPSA) is 581 Å². The molecule has 1 saturated heterocycles. The number of aromatic nitrogens is 3. The van der Waals surface area contributed by atoms with Gasteiger partial charge in [-0.1, -0.05) is 58.7 Å². The van der Waals surface area contributed by atoms with Crippen molar-refractivity contribution in [2.24, 2.45) is 23.3 Å². The number of aromatic amines is 2. The van der Waals surface area contributed by atoms with Crippen molar-refractivity contribution in [1.29, 1.82) is 0 Å². The number of carboxylic acid groups (broad SMARTS) is 4. The van der Waals surface area contributed by atoms with Crippen molar-refractivity contribution in [2.45, 2.75) is 172 Å². The molecule has 0 spiro atoms. The average molecular weight is 1570 g/mol. The Bertz CT molecular complexity index is 3920. The first-order valence-corrected chi connectivity index (χ1v) is 37.7. The summed E-state index contributed by atoms with van der Waals surface area (Å²) in [5.74, 6) is -15.4. The summed E-state index contributed by atoms with van der Waals surface area (Å²) in [6.07, 6.45) is 7.05. The molecule has 6 rings (SSSR count). The molecule has 1 saturated carbocycles. The first-order valence-electron chi connectivity index (χ1n) is 36.3. The highest BCUT2D eigenvalue weighted by Gasteiger charge is 2.50. The van der Waals surface area contributed by atoms with Crippen molar-refractivity contribution in [3.63, 3.8) is 0 Å². The molecule has 1 aliphatic heterocycles. The van der Waals surface area contributed by atoms with Gasteiger partial charge in [0.1, 0.15) is 42.3 Å². The van der Waals surface area contributed by atoms with Gasteiger partial charge >= 0.3 is 23.9 Å². The van der Waals surface area contributed by atoms with E-state index in [2.05, 4.69) is 68.1 Å². The van der Waals surface area contributed by atoms with Crippen LogP contribution in [0.4, 0.5) is 5.69 Å². The molecule has 2 aromatic heterocycles. The fourth-order valence-corrected chi connectivity index (χ4v) is 14.0. The number of nitrogens with zero attached hydrogens (tertiary/aromatic N) is 4. The van der Waals surface area contributed by atoms with Crippen LogP contribution in [0.25, 0.3) is 10.9 Å². The average Bonchev–Trinajstić information content (AvgIpc) is 1.64. The van der Waals surface area contributed by atoms with Crippen molar-refractivity contribution >= 4 is 123 Å². The van der Waals surface area contributed by atoms with Crippen molar-refractivity contribution in [3.05, 3.63) is 84.1 Å². The number of rotatable bonds is 45. The lowest BCUT2D eigenvalue weighted by Gasteiger charge is -2.45. The number of H-pyrrole nitrogens is 2. The van der Waals surface area contributed by atoms with Gasteiger partial charge in [-0.15, -0.1) is 0 Å². The lowest BCUT2D eigenvalue weighted by atomic mass is 9.88. The highest BCUT2D eigenvalue weighted by Crippen LogP contribution is 2.37. The molecule has 20 N–H and O–H groups in total. The normalized spacial score (nSPS) is 17.7. The fraction of sp³-hybridized carbons (Fsp3) is 0.542. The van der Waals surface area contributed by atoms with Gasteiger partial charge in [-0.3, -0.25) is 91.4 Å². The van der Waals surface area contributed by atoms with E-state index in [1.807, 2.05) is 20.1 Å². The number of amides is 12. The third-order valence-electron chi connectivity index (χ3n) is 19.0. The summed E-state index contributed by atoms with van der Waals surface area (Å²) in [6.45, 7) is 3.53. The number of thioether (sulfide) groups is 1. The molecule has 10 atom stereocenters. The lowest BCUT2D eigenvalue weighted by Crippen LogP contribution is -2.62. The Morgan fingerprint density at radius 2 is 1.18 bits per heavy atom. The predicted molar refractivity (Wildman–Crippen MR) is 402 cm³/mol. The Hall–Kier alpha value is -11.1. The molecule has 12 amide bonds. The number of nitrogens with one attached hydrogen (secondary N) is 12. The van der Waals surface area contributed by atoms with Gasteiger partial charge < -0.3 is 95.0 Å². The number of anilines is 1. The number of carbonyl (C=O) groups excluding carboxylic acids is 12. The van der Waals surface area contributed by atoms with E-state index in [1.54, 1.807) is 54.1 Å². The minimum atomic E-state index is -1.61. The maximum absolute atomic E-state index is 14.5. The molecule has 9 unspecified atom stereocenters. The largest absolute Gasteiger partial charge is 0.480 e. The van der Waals surface area contributed by atoms with Crippen molar-refractivity contribution in [3.8, 4) is 0 Å². The number of nitrogens with two attached hydrogens (primary N) is 2. The zero-order valence-corrected chi connectivity index (χ0v) is 63.5. The number of para-hydroxylation sites is 1. The number of fused-ring (bicyclic) bond motifs is 2. The highest BCUT2D eigenvalue weighted by atomic mass is 32.2. The number of hydrogen-bond acceptors (Lipinski definition) is 21. The van der Waals surface area contributed by atoms with Crippen LogP contribution in [0.5, 0.6) is 0 Å². The van der Waals surface area contributed by atoms with Crippen LogP contribution in [0.3, 0.4) is 0 Å². The predicted octanol–water partition coefficient (Wildman–Crippen LogP) is -2.13. The maximum atomic E-state index is 14.5. The summed E-state index contributed by atoms with van der Waals surface area (Å²) in [5.41, 5.74) is 11.2. The molecule has 2 fully saturated rings. The Kier molecular flexibility index (Phi) is 34.2. The second-order valence-electron chi connectivity index (χ2n) is 28.5. The standard InChI is InChI=1S/C72H102N18O20S/c1-39(2)25-50(69(108)83-48(64(74)103)22-24-111-6)85-70(109)52(27-45-29-75-38-79-45)82-58(94)31-78-71(110)63(40(3)4)87-65(104)41(5)80-68(107)51(26-43-28-76-47-12-8-7-11-46(43)47)86-67(106)49(19-20-55(73)91)84-66(105)42-15-17-44(18-16-42)81-57(93)30-77-56(92)21-23-72(90(34-61(99)100)35-62(101)102)36-88(32-59(95)96)53-13-9-10-14-54(53)89(37-72)33-60(97)98/h7-8,11-12,15-18,28-29,38-41,48-54,63,76H,9-10,13-14,19-27,30-37H2,1-6H3,(H2,73,91)(H2,74,103)(H,75,79)(H,77,92)(H,78,110)(H,80,107)(H,81,93)(H,82,94)(H,83,108)(H,84,105)(H,85,109)(H,86,106)(H,87,104)(H,95,96)(H,97,98)(H,99,100)(H,101,102)/t41?,48?,49?,50?,51?,52?,53-,54?,63?,72?/m1/s1. The third-order valence-corrected chi connectivity index (χ3v) is 19.7. The Labute approximate surface area is 643 Å². The van der Waals surface area contributed by atoms with E-state index in [0.29, 0.717) is 53.6 Å². The molecule has 0 bridgehead atoms. The Morgan fingerprint density at radius 3 is 1.75 bits per heavy atom. The quantitative estimate of drug-likeness (QED) is 0.0225. The molecule has 2 aliphatic rings. The molecule has 606 valence electrons. The summed E-state index contributed by atoms with van der Waals surface area (Å²) in [4.78, 5) is 227. The SMILES string of the molecule is CSCCC(NC(=O)C(CC(C)C)NC(=O)C(Cc1cnc[nH]1)NC(=O)CNC(=O)C(NC(=O)C(C)NC(=O)C(Cc1c[nH]c2ccccc12)NC(=O)C(CCC(N)=O)NC(=O)c1ccc(NC(=O)CNC(=O)CCC2(N(CC(=O)O)CC(=O)O)CN(CC(=O)O)C3CCCC[C@H]3N(CC(=O)O)C2)cc1)C(C)C)C(N)=O. The first-order chi connectivity index (χ1) is 52.5. The first kappa shape index (κ1) is 88.8. The van der Waals surface area contributed by atoms with Gasteiger partial charge in [-0.25, -0.2) is 4.98 Å². The second kappa shape index (κ2) is 42.8. The smallest absolute Gasteiger partial charge is 0.317 e. The zero-order valence-electron chi connectivity index (χ0n) is 62.7. The number of benzene rings is 2. The van der Waals surface area contributed by atoms with E-state index in [-0.39, 0.29) is 68.8 Å². The summed E-state index contributed by atoms with van der Waals surface area (Å²) in [7, 11) is 0. The van der Waals surface area contributed by atoms with Crippen LogP contribution in [-0.4, -0.2) is 269 Å². The van der Waals surface area contributed by atoms with E-state index >= 15 is 0 Å². The van der Waals surface area contributed by atoms with Gasteiger partial charge in [0.05, 0.1) is 45.6 Å². The number of imidazole rings is 1. The number of carboxylic acids is 4. The van der Waals surface area contributed by atoms with Crippen LogP contribution in [0.2, 0.25) is 0 Å². The minimum Gasteiger partial charge on any atom is -0.480 e. The summed E-state index contributed by atoms with van der Waals surface area (Å²) in [6, 6.07) is 1.99. The molecule has 38 nitrogen and oxygen atoms in total. The Balaban J connectivity index is 1.10. The molecular formula is C72H102N18O20S. The summed E-state index contributed by atoms with van der Waals surface area (Å²) in [5, 5.41) is 66.5. The fourth-order valence-electron chi connectivity index (χ4n) is 13.5. The van der Waals surface area contributed by atoms with Crippen LogP contribution in [0, 0.1) is 11.8 Å². The van der Waals surface area contributed by atoms with Crippen LogP contribution < -0.4 is 64.6 Å². The van der Waals surface area contributed by atoms with E-state index in [4.69, 9.17) is 11.5 Å². The number of hydrogen-bond donors (Lipinski definition) is 18. The second-order valence-corrected chi connectivity index (χ2v) is 29.4. The van der Waals surface area contributed by atoms with Gasteiger partial charge in [0.2, 0.25) is 65.0 Å². The van der Waals surface area contributed by atoms with Gasteiger partial charge in [-0.05, 0) is 105 Å². The monoisotopic (exact) mass is 1570 g/mol. The number of primary amides is 2. The Morgan fingerprint density at radius 1 is 0.604 bits per heavy atom. The van der Waals surface area contributed by atoms with Crippen LogP contribution in [0.15, 0.2) is 67.3 Å². The van der Waals surface area contributed by atoms with Crippen LogP contribution >= 0.6 is 11.8 Å². The molecular weight excluding hydrogens is 1470 g/mol. The third kappa shape index (κ3) is 28.1. The lowest BCUT2D eigenvalue weighted by molar-refractivity contribution is -0.148. The minimum absolute atomic E-state index is 0.0668. The molecule has 111 heavy (non-hydrogen) atoms. The number of carbonyl (C=O) groups is 16. The van der Waals surface area contributed by atoms with Crippen LogP contribution in [-0.2, 0) is 84.8 Å². The van der Waals surface area contributed by atoms with E-state index < -0.39 is 213 Å². The molecule has 0 radical (unpaired) electrons. The van der Waals surface area contributed by atoms with Crippen molar-refractivity contribution < 1.29 is 97.1 Å². The molecule has 39 heteroatoms. The molecule has 1 aliphatic carbocycles. The number of aliphatic carboxylic acids is 4. The summed E-state index contributed by atoms with van der Waals surface area (Å²) < 4.78 is 0. The maximum Gasteiger partial charge on any atom is 0.317 e. The van der Waals surface area contributed by atoms with E-state index in [9.17, 15) is 97.1 Å². The zero-order chi connectivity index (χ0) is 81.8. The van der Waals surface area contributed by atoms with Gasteiger partial charge in [0, 0.05) is 96.6 Å². The highest BCUT2D eigenvalue weighted by molar-refractivity contribution is 7.98.